The summed E-state index contributed by atoms with van der Waals surface area (Å²) < 4.78 is 6.64. The summed E-state index contributed by atoms with van der Waals surface area (Å²) in [5, 5.41) is 2.29. The van der Waals surface area contributed by atoms with Crippen LogP contribution in [0.4, 0.5) is 0 Å². The zero-order valence-corrected chi connectivity index (χ0v) is 9.83. The number of nitrogens with two attached hydrogens (primary N) is 1. The minimum Gasteiger partial charge on any atom is -0.492 e. The lowest BCUT2D eigenvalue weighted by Gasteiger charge is -2.08. The minimum absolute atomic E-state index is 0.535. The van der Waals surface area contributed by atoms with Gasteiger partial charge in [-0.3, -0.25) is 0 Å². The van der Waals surface area contributed by atoms with Crippen molar-refractivity contribution >= 4 is 26.7 Å². The topological polar surface area (TPSA) is 35.2 Å². The third kappa shape index (κ3) is 2.30. The molecule has 0 unspecified atom stereocenters. The van der Waals surface area contributed by atoms with Crippen LogP contribution < -0.4 is 10.5 Å². The fourth-order valence-corrected chi connectivity index (χ4v) is 1.90. The highest BCUT2D eigenvalue weighted by molar-refractivity contribution is 9.10. The highest BCUT2D eigenvalue weighted by atomic mass is 79.9. The fraction of sp³-hybridized carbons (Fsp3) is 0.167. The van der Waals surface area contributed by atoms with E-state index in [0.717, 1.165) is 15.6 Å². The van der Waals surface area contributed by atoms with E-state index >= 15 is 0 Å². The summed E-state index contributed by atoms with van der Waals surface area (Å²) in [5.74, 6) is 0.894. The van der Waals surface area contributed by atoms with Gasteiger partial charge in [0.05, 0.1) is 0 Å². The van der Waals surface area contributed by atoms with Gasteiger partial charge in [0.2, 0.25) is 0 Å². The van der Waals surface area contributed by atoms with Crippen molar-refractivity contribution in [3.8, 4) is 5.75 Å². The molecule has 0 bridgehead atoms. The maximum Gasteiger partial charge on any atom is 0.127 e. The van der Waals surface area contributed by atoms with Gasteiger partial charge in [0.15, 0.2) is 0 Å². The van der Waals surface area contributed by atoms with Crippen molar-refractivity contribution in [3.05, 3.63) is 40.9 Å². The number of benzene rings is 2. The molecule has 3 heteroatoms. The number of ether oxygens (including phenoxy) is 1. The number of fused-ring (bicyclic) bond motifs is 1. The summed E-state index contributed by atoms with van der Waals surface area (Å²) in [6, 6.07) is 12.1. The third-order valence-corrected chi connectivity index (χ3v) is 2.67. The molecule has 0 atom stereocenters. The van der Waals surface area contributed by atoms with Crippen molar-refractivity contribution in [1.82, 2.24) is 0 Å². The van der Waals surface area contributed by atoms with E-state index < -0.39 is 0 Å². The monoisotopic (exact) mass is 265 g/mol. The average molecular weight is 266 g/mol. The number of hydrogen-bond acceptors (Lipinski definition) is 2. The highest BCUT2D eigenvalue weighted by Crippen LogP contribution is 2.27. The van der Waals surface area contributed by atoms with Gasteiger partial charge in [-0.15, -0.1) is 0 Å². The summed E-state index contributed by atoms with van der Waals surface area (Å²) in [6.07, 6.45) is 0. The molecule has 0 aliphatic heterocycles. The molecule has 2 nitrogen and oxygen atoms in total. The summed E-state index contributed by atoms with van der Waals surface area (Å²) in [5.41, 5.74) is 5.41. The Bertz CT molecular complexity index is 470. The average Bonchev–Trinajstić information content (AvgIpc) is 2.25. The smallest absolute Gasteiger partial charge is 0.127 e. The molecule has 0 radical (unpaired) electrons. The van der Waals surface area contributed by atoms with Gasteiger partial charge < -0.3 is 10.5 Å². The van der Waals surface area contributed by atoms with Crippen LogP contribution in [0.15, 0.2) is 40.9 Å². The van der Waals surface area contributed by atoms with Crippen LogP contribution in [0.2, 0.25) is 0 Å². The van der Waals surface area contributed by atoms with Gasteiger partial charge >= 0.3 is 0 Å². The second-order valence-electron chi connectivity index (χ2n) is 3.26. The first-order valence-corrected chi connectivity index (χ1v) is 5.62. The van der Waals surface area contributed by atoms with Crippen LogP contribution in [-0.2, 0) is 0 Å². The number of hydrogen-bond donors (Lipinski definition) is 1. The van der Waals surface area contributed by atoms with Gasteiger partial charge in [0.1, 0.15) is 12.4 Å². The van der Waals surface area contributed by atoms with Crippen LogP contribution in [-0.4, -0.2) is 13.2 Å². The van der Waals surface area contributed by atoms with E-state index in [1.807, 2.05) is 24.3 Å². The van der Waals surface area contributed by atoms with Crippen molar-refractivity contribution in [3.63, 3.8) is 0 Å². The minimum atomic E-state index is 0.535. The largest absolute Gasteiger partial charge is 0.492 e. The summed E-state index contributed by atoms with van der Waals surface area (Å²) >= 11 is 3.45. The van der Waals surface area contributed by atoms with E-state index in [1.54, 1.807) is 0 Å². The van der Waals surface area contributed by atoms with Gasteiger partial charge in [-0.2, -0.15) is 0 Å². The van der Waals surface area contributed by atoms with Crippen molar-refractivity contribution in [2.45, 2.75) is 0 Å². The Morgan fingerprint density at radius 3 is 2.87 bits per heavy atom. The molecule has 2 rings (SSSR count). The van der Waals surface area contributed by atoms with Gasteiger partial charge in [0.25, 0.3) is 0 Å². The second-order valence-corrected chi connectivity index (χ2v) is 4.17. The molecule has 2 aromatic rings. The first kappa shape index (κ1) is 10.5. The standard InChI is InChI=1S/C12H12BrNO/c13-10-4-5-11-9(8-10)2-1-3-12(11)15-7-6-14/h1-5,8H,6-7,14H2. The van der Waals surface area contributed by atoms with Gasteiger partial charge in [-0.1, -0.05) is 28.1 Å². The Balaban J connectivity index is 2.46. The maximum absolute atomic E-state index is 5.57. The highest BCUT2D eigenvalue weighted by Gasteiger charge is 2.01. The van der Waals surface area contributed by atoms with Gasteiger partial charge in [0, 0.05) is 16.4 Å². The SMILES string of the molecule is NCCOc1cccc2cc(Br)ccc12. The van der Waals surface area contributed by atoms with E-state index in [1.165, 1.54) is 5.39 Å². The molecule has 2 aromatic carbocycles. The van der Waals surface area contributed by atoms with E-state index in [-0.39, 0.29) is 0 Å². The molecule has 0 fully saturated rings. The van der Waals surface area contributed by atoms with Crippen LogP contribution in [0.5, 0.6) is 5.75 Å². The lowest BCUT2D eigenvalue weighted by Crippen LogP contribution is -2.10. The Labute approximate surface area is 97.2 Å². The zero-order chi connectivity index (χ0) is 10.7. The molecule has 0 aromatic heterocycles. The van der Waals surface area contributed by atoms with Crippen LogP contribution in [0.1, 0.15) is 0 Å². The molecular weight excluding hydrogens is 254 g/mol. The first-order valence-electron chi connectivity index (χ1n) is 4.82. The van der Waals surface area contributed by atoms with E-state index in [9.17, 15) is 0 Å². The predicted molar refractivity (Wildman–Crippen MR) is 66.2 cm³/mol. The molecule has 0 aliphatic rings. The molecule has 0 spiro atoms. The number of halogens is 1. The quantitative estimate of drug-likeness (QED) is 0.927. The fourth-order valence-electron chi connectivity index (χ4n) is 1.52. The van der Waals surface area contributed by atoms with E-state index in [2.05, 4.69) is 28.1 Å². The Morgan fingerprint density at radius 2 is 2.07 bits per heavy atom. The van der Waals surface area contributed by atoms with Crippen molar-refractivity contribution in [2.24, 2.45) is 5.73 Å². The summed E-state index contributed by atoms with van der Waals surface area (Å²) in [7, 11) is 0. The molecule has 78 valence electrons. The summed E-state index contributed by atoms with van der Waals surface area (Å²) in [6.45, 7) is 1.09. The molecular formula is C12H12BrNO. The van der Waals surface area contributed by atoms with Crippen molar-refractivity contribution < 1.29 is 4.74 Å². The molecule has 0 aliphatic carbocycles. The van der Waals surface area contributed by atoms with Crippen LogP contribution in [0.3, 0.4) is 0 Å². The molecule has 0 saturated heterocycles. The lowest BCUT2D eigenvalue weighted by atomic mass is 10.1. The first-order chi connectivity index (χ1) is 7.31. The van der Waals surface area contributed by atoms with E-state index in [4.69, 9.17) is 10.5 Å². The van der Waals surface area contributed by atoms with Crippen LogP contribution in [0, 0.1) is 0 Å². The molecule has 15 heavy (non-hydrogen) atoms. The maximum atomic E-state index is 5.57. The second kappa shape index (κ2) is 4.64. The summed E-state index contributed by atoms with van der Waals surface area (Å²) in [4.78, 5) is 0. The van der Waals surface area contributed by atoms with Crippen LogP contribution in [0.25, 0.3) is 10.8 Å². The lowest BCUT2D eigenvalue weighted by molar-refractivity contribution is 0.332. The third-order valence-electron chi connectivity index (χ3n) is 2.18. The van der Waals surface area contributed by atoms with E-state index in [0.29, 0.717) is 13.2 Å². The zero-order valence-electron chi connectivity index (χ0n) is 8.24. The Hall–Kier alpha value is -1.06. The Kier molecular flexibility index (Phi) is 3.23. The normalized spacial score (nSPS) is 10.5. The molecule has 2 N–H and O–H groups in total. The van der Waals surface area contributed by atoms with Crippen molar-refractivity contribution in [1.29, 1.82) is 0 Å². The Morgan fingerprint density at radius 1 is 1.20 bits per heavy atom. The van der Waals surface area contributed by atoms with Gasteiger partial charge in [-0.05, 0) is 29.7 Å². The number of rotatable bonds is 3. The van der Waals surface area contributed by atoms with Crippen LogP contribution >= 0.6 is 15.9 Å². The predicted octanol–water partition coefficient (Wildman–Crippen LogP) is 2.94. The molecule has 0 amide bonds. The van der Waals surface area contributed by atoms with Crippen molar-refractivity contribution in [2.75, 3.05) is 13.2 Å². The molecule has 0 heterocycles. The molecule has 0 saturated carbocycles. The van der Waals surface area contributed by atoms with Gasteiger partial charge in [-0.25, -0.2) is 0 Å².